The zero-order valence-electron chi connectivity index (χ0n) is 5.91. The van der Waals surface area contributed by atoms with Crippen LogP contribution in [0, 0.1) is 3.70 Å². The average Bonchev–Trinajstić information content (AvgIpc) is 1.94. The van der Waals surface area contributed by atoms with Crippen LogP contribution < -0.4 is 4.57 Å². The van der Waals surface area contributed by atoms with Crippen LogP contribution in [-0.4, -0.2) is 11.1 Å². The van der Waals surface area contributed by atoms with E-state index in [2.05, 4.69) is 22.6 Å². The summed E-state index contributed by atoms with van der Waals surface area (Å²) in [6.45, 7) is 0. The number of hydrogen-bond donors (Lipinski definition) is 1. The summed E-state index contributed by atoms with van der Waals surface area (Å²) in [4.78, 5) is 10.4. The largest absolute Gasteiger partial charge is 0.477 e. The van der Waals surface area contributed by atoms with Crippen LogP contribution in [-0.2, 0) is 7.05 Å². The van der Waals surface area contributed by atoms with Crippen molar-refractivity contribution < 1.29 is 14.5 Å². The van der Waals surface area contributed by atoms with Gasteiger partial charge in [-0.1, -0.05) is 0 Å². The van der Waals surface area contributed by atoms with Crippen molar-refractivity contribution in [1.29, 1.82) is 0 Å². The van der Waals surface area contributed by atoms with Gasteiger partial charge in [0.15, 0.2) is 6.20 Å². The summed E-state index contributed by atoms with van der Waals surface area (Å²) in [5.41, 5.74) is 0.313. The van der Waals surface area contributed by atoms with E-state index in [0.717, 1.165) is 3.70 Å². The lowest BCUT2D eigenvalue weighted by molar-refractivity contribution is -0.684. The van der Waals surface area contributed by atoms with Gasteiger partial charge in [0.25, 0.3) is 0 Å². The van der Waals surface area contributed by atoms with Gasteiger partial charge in [0.2, 0.25) is 3.70 Å². The fourth-order valence-corrected chi connectivity index (χ4v) is 1.04. The molecule has 0 amide bonds. The van der Waals surface area contributed by atoms with Crippen molar-refractivity contribution in [3.05, 3.63) is 27.6 Å². The first-order chi connectivity index (χ1) is 5.11. The fraction of sp³-hybridized carbons (Fsp3) is 0.143. The Hall–Kier alpha value is -0.650. The lowest BCUT2D eigenvalue weighted by atomic mass is 10.3. The molecular weight excluding hydrogens is 257 g/mol. The number of aromatic carboxylic acids is 1. The molecular formula is C7H7INO2+. The molecule has 0 aliphatic carbocycles. The molecule has 1 rings (SSSR count). The molecule has 0 bridgehead atoms. The third-order valence-electron chi connectivity index (χ3n) is 1.32. The third-order valence-corrected chi connectivity index (χ3v) is 2.44. The Balaban J connectivity index is 3.15. The van der Waals surface area contributed by atoms with Gasteiger partial charge in [-0.25, -0.2) is 4.79 Å². The molecule has 0 aromatic carbocycles. The summed E-state index contributed by atoms with van der Waals surface area (Å²) in [5.74, 6) is -0.892. The van der Waals surface area contributed by atoms with Gasteiger partial charge in [-0.2, -0.15) is 4.57 Å². The Kier molecular flexibility index (Phi) is 2.43. The van der Waals surface area contributed by atoms with E-state index in [1.54, 1.807) is 22.9 Å². The highest BCUT2D eigenvalue weighted by Gasteiger charge is 2.08. The quantitative estimate of drug-likeness (QED) is 0.463. The summed E-state index contributed by atoms with van der Waals surface area (Å²) in [7, 11) is 1.81. The summed E-state index contributed by atoms with van der Waals surface area (Å²) < 4.78 is 2.77. The standard InChI is InChI=1S/C7H6INO2/c1-9-4-5(7(10)11)2-3-6(9)8/h2-4H,1H3/p+1. The van der Waals surface area contributed by atoms with Crippen LogP contribution >= 0.6 is 22.6 Å². The Labute approximate surface area is 77.8 Å². The first-order valence-corrected chi connectivity index (χ1v) is 4.07. The van der Waals surface area contributed by atoms with E-state index in [9.17, 15) is 4.79 Å². The van der Waals surface area contributed by atoms with Crippen LogP contribution in [0.15, 0.2) is 18.3 Å². The summed E-state index contributed by atoms with van der Waals surface area (Å²) in [5, 5.41) is 8.58. The van der Waals surface area contributed by atoms with Crippen molar-refractivity contribution >= 4 is 28.6 Å². The smallest absolute Gasteiger partial charge is 0.341 e. The number of hydrogen-bond acceptors (Lipinski definition) is 1. The number of carboxylic acid groups (broad SMARTS) is 1. The molecule has 3 nitrogen and oxygen atoms in total. The number of pyridine rings is 1. The van der Waals surface area contributed by atoms with Crippen LogP contribution in [0.2, 0.25) is 0 Å². The molecule has 58 valence electrons. The predicted octanol–water partition coefficient (Wildman–Crippen LogP) is 0.814. The molecule has 0 unspecified atom stereocenters. The van der Waals surface area contributed by atoms with Crippen molar-refractivity contribution in [2.75, 3.05) is 0 Å². The zero-order chi connectivity index (χ0) is 8.43. The van der Waals surface area contributed by atoms with Crippen LogP contribution in [0.3, 0.4) is 0 Å². The van der Waals surface area contributed by atoms with Crippen molar-refractivity contribution in [3.63, 3.8) is 0 Å². The second kappa shape index (κ2) is 3.17. The van der Waals surface area contributed by atoms with Crippen molar-refractivity contribution in [2.45, 2.75) is 0 Å². The number of aromatic nitrogens is 1. The van der Waals surface area contributed by atoms with Crippen molar-refractivity contribution in [2.24, 2.45) is 7.05 Å². The van der Waals surface area contributed by atoms with E-state index < -0.39 is 5.97 Å². The maximum Gasteiger partial charge on any atom is 0.341 e. The van der Waals surface area contributed by atoms with E-state index >= 15 is 0 Å². The lowest BCUT2D eigenvalue weighted by Gasteiger charge is -1.92. The molecule has 4 heteroatoms. The minimum Gasteiger partial charge on any atom is -0.477 e. The molecule has 0 spiro atoms. The molecule has 0 fully saturated rings. The van der Waals surface area contributed by atoms with E-state index in [1.807, 2.05) is 7.05 Å². The number of aryl methyl sites for hydroxylation is 1. The first kappa shape index (κ1) is 8.45. The van der Waals surface area contributed by atoms with Gasteiger partial charge in [-0.3, -0.25) is 0 Å². The van der Waals surface area contributed by atoms with Gasteiger partial charge >= 0.3 is 5.97 Å². The van der Waals surface area contributed by atoms with Crippen molar-refractivity contribution in [1.82, 2.24) is 0 Å². The first-order valence-electron chi connectivity index (χ1n) is 3.00. The highest BCUT2D eigenvalue weighted by Crippen LogP contribution is 1.99. The zero-order valence-corrected chi connectivity index (χ0v) is 8.07. The maximum absolute atomic E-state index is 10.4. The van der Waals surface area contributed by atoms with Gasteiger partial charge in [0, 0.05) is 28.7 Å². The predicted molar refractivity (Wildman–Crippen MR) is 47.3 cm³/mol. The second-order valence-electron chi connectivity index (χ2n) is 2.16. The van der Waals surface area contributed by atoms with Crippen LogP contribution in [0.1, 0.15) is 10.4 Å². The Bertz CT molecular complexity index is 298. The Morgan fingerprint density at radius 3 is 2.73 bits per heavy atom. The number of rotatable bonds is 1. The van der Waals surface area contributed by atoms with E-state index in [-0.39, 0.29) is 0 Å². The monoisotopic (exact) mass is 264 g/mol. The molecule has 0 radical (unpaired) electrons. The summed E-state index contributed by atoms with van der Waals surface area (Å²) >= 11 is 2.13. The molecule has 1 heterocycles. The minimum atomic E-state index is -0.892. The number of halogens is 1. The normalized spacial score (nSPS) is 9.64. The molecule has 0 atom stereocenters. The molecule has 0 saturated carbocycles. The third kappa shape index (κ3) is 1.89. The molecule has 1 aromatic rings. The van der Waals surface area contributed by atoms with Crippen molar-refractivity contribution in [3.8, 4) is 0 Å². The molecule has 0 saturated heterocycles. The topological polar surface area (TPSA) is 41.2 Å². The molecule has 1 N–H and O–H groups in total. The van der Waals surface area contributed by atoms with E-state index in [4.69, 9.17) is 5.11 Å². The van der Waals surface area contributed by atoms with Gasteiger partial charge < -0.3 is 5.11 Å². The van der Waals surface area contributed by atoms with Crippen LogP contribution in [0.5, 0.6) is 0 Å². The second-order valence-corrected chi connectivity index (χ2v) is 3.26. The molecule has 1 aromatic heterocycles. The fourth-order valence-electron chi connectivity index (χ4n) is 0.716. The molecule has 0 aliphatic heterocycles. The lowest BCUT2D eigenvalue weighted by Crippen LogP contribution is -2.32. The average molecular weight is 264 g/mol. The number of carbonyl (C=O) groups is 1. The number of nitrogens with zero attached hydrogens (tertiary/aromatic N) is 1. The van der Waals surface area contributed by atoms with Gasteiger partial charge in [0.1, 0.15) is 12.6 Å². The Morgan fingerprint density at radius 1 is 1.64 bits per heavy atom. The van der Waals surface area contributed by atoms with Gasteiger partial charge in [-0.05, 0) is 6.07 Å². The summed E-state index contributed by atoms with van der Waals surface area (Å²) in [6, 6.07) is 3.36. The Morgan fingerprint density at radius 2 is 2.27 bits per heavy atom. The minimum absolute atomic E-state index is 0.313. The van der Waals surface area contributed by atoms with Gasteiger partial charge in [0.05, 0.1) is 0 Å². The van der Waals surface area contributed by atoms with Crippen LogP contribution in [0.25, 0.3) is 0 Å². The summed E-state index contributed by atoms with van der Waals surface area (Å²) in [6.07, 6.45) is 1.59. The number of carboxylic acids is 1. The molecule has 11 heavy (non-hydrogen) atoms. The van der Waals surface area contributed by atoms with Crippen LogP contribution in [0.4, 0.5) is 0 Å². The highest BCUT2D eigenvalue weighted by molar-refractivity contribution is 14.1. The SMILES string of the molecule is C[n+]1cc(C(=O)O)ccc1I. The van der Waals surface area contributed by atoms with E-state index in [0.29, 0.717) is 5.56 Å². The molecule has 0 aliphatic rings. The van der Waals surface area contributed by atoms with E-state index in [1.165, 1.54) is 0 Å². The maximum atomic E-state index is 10.4. The van der Waals surface area contributed by atoms with Gasteiger partial charge in [-0.15, -0.1) is 0 Å². The highest BCUT2D eigenvalue weighted by atomic mass is 127.